The minimum Gasteiger partial charge on any atom is -0.346 e. The highest BCUT2D eigenvalue weighted by Crippen LogP contribution is 2.33. The van der Waals surface area contributed by atoms with Crippen molar-refractivity contribution in [1.29, 1.82) is 0 Å². The van der Waals surface area contributed by atoms with Gasteiger partial charge in [-0.15, -0.1) is 0 Å². The van der Waals surface area contributed by atoms with Gasteiger partial charge in [0.25, 0.3) is 0 Å². The van der Waals surface area contributed by atoms with Crippen LogP contribution in [0.15, 0.2) is 53.0 Å². The lowest BCUT2D eigenvalue weighted by atomic mass is 9.84. The van der Waals surface area contributed by atoms with Crippen LogP contribution >= 0.6 is 28.1 Å². The molecule has 3 rings (SSSR count). The SMILES string of the molecule is S=C(Nc1ccc(C2CCCCC2)cc1)c1cccc(Br)c1. The number of benzene rings is 2. The van der Waals surface area contributed by atoms with E-state index in [1.54, 1.807) is 0 Å². The number of hydrogen-bond donors (Lipinski definition) is 1. The first-order chi connectivity index (χ1) is 10.7. The molecule has 2 aromatic carbocycles. The monoisotopic (exact) mass is 373 g/mol. The minimum absolute atomic E-state index is 0.750. The predicted molar refractivity (Wildman–Crippen MR) is 102 cm³/mol. The van der Waals surface area contributed by atoms with Crippen LogP contribution in [0, 0.1) is 0 Å². The fourth-order valence-electron chi connectivity index (χ4n) is 3.11. The molecule has 1 nitrogen and oxygen atoms in total. The molecule has 1 N–H and O–H groups in total. The van der Waals surface area contributed by atoms with E-state index in [9.17, 15) is 0 Å². The van der Waals surface area contributed by atoms with Gasteiger partial charge in [0.2, 0.25) is 0 Å². The van der Waals surface area contributed by atoms with E-state index >= 15 is 0 Å². The summed E-state index contributed by atoms with van der Waals surface area (Å²) in [5.41, 5.74) is 3.56. The Kier molecular flexibility index (Phi) is 5.27. The lowest BCUT2D eigenvalue weighted by Crippen LogP contribution is -2.10. The fourth-order valence-corrected chi connectivity index (χ4v) is 3.75. The molecular formula is C19H20BrNS. The number of hydrogen-bond acceptors (Lipinski definition) is 1. The van der Waals surface area contributed by atoms with Gasteiger partial charge >= 0.3 is 0 Å². The van der Waals surface area contributed by atoms with E-state index in [0.717, 1.165) is 26.6 Å². The van der Waals surface area contributed by atoms with Crippen molar-refractivity contribution < 1.29 is 0 Å². The van der Waals surface area contributed by atoms with Crippen LogP contribution in [0.3, 0.4) is 0 Å². The molecule has 114 valence electrons. The maximum atomic E-state index is 5.49. The molecule has 1 fully saturated rings. The average molecular weight is 374 g/mol. The van der Waals surface area contributed by atoms with Crippen LogP contribution in [0.25, 0.3) is 0 Å². The molecule has 0 spiro atoms. The summed E-state index contributed by atoms with van der Waals surface area (Å²) in [5.74, 6) is 0.750. The largest absolute Gasteiger partial charge is 0.346 e. The second-order valence-electron chi connectivity index (χ2n) is 5.92. The molecule has 1 saturated carbocycles. The Morgan fingerprint density at radius 1 is 1.00 bits per heavy atom. The highest BCUT2D eigenvalue weighted by molar-refractivity contribution is 9.10. The second kappa shape index (κ2) is 7.38. The van der Waals surface area contributed by atoms with Crippen molar-refractivity contribution in [1.82, 2.24) is 0 Å². The molecule has 0 saturated heterocycles. The first-order valence-corrected chi connectivity index (χ1v) is 9.09. The van der Waals surface area contributed by atoms with Gasteiger partial charge in [-0.2, -0.15) is 0 Å². The summed E-state index contributed by atoms with van der Waals surface area (Å²) in [7, 11) is 0. The lowest BCUT2D eigenvalue weighted by molar-refractivity contribution is 0.443. The Morgan fingerprint density at radius 3 is 2.41 bits per heavy atom. The third kappa shape index (κ3) is 3.96. The zero-order valence-electron chi connectivity index (χ0n) is 12.5. The first kappa shape index (κ1) is 15.7. The van der Waals surface area contributed by atoms with Crippen molar-refractivity contribution in [2.24, 2.45) is 0 Å². The molecule has 0 atom stereocenters. The molecule has 22 heavy (non-hydrogen) atoms. The van der Waals surface area contributed by atoms with Gasteiger partial charge in [-0.1, -0.05) is 71.7 Å². The number of rotatable bonds is 3. The van der Waals surface area contributed by atoms with Gasteiger partial charge < -0.3 is 5.32 Å². The number of anilines is 1. The smallest absolute Gasteiger partial charge is 0.111 e. The molecule has 0 heterocycles. The van der Waals surface area contributed by atoms with E-state index in [4.69, 9.17) is 12.2 Å². The summed E-state index contributed by atoms with van der Waals surface area (Å²) in [6.45, 7) is 0. The third-order valence-electron chi connectivity index (χ3n) is 4.33. The Bertz CT molecular complexity index is 645. The van der Waals surface area contributed by atoms with Crippen molar-refractivity contribution in [2.75, 3.05) is 5.32 Å². The molecule has 0 aromatic heterocycles. The molecule has 0 bridgehead atoms. The van der Waals surface area contributed by atoms with E-state index in [0.29, 0.717) is 0 Å². The molecule has 1 aliphatic carbocycles. The zero-order chi connectivity index (χ0) is 15.4. The Morgan fingerprint density at radius 2 is 1.73 bits per heavy atom. The summed E-state index contributed by atoms with van der Waals surface area (Å²) in [5, 5.41) is 3.33. The summed E-state index contributed by atoms with van der Waals surface area (Å²) >= 11 is 8.97. The van der Waals surface area contributed by atoms with Crippen LogP contribution in [0.4, 0.5) is 5.69 Å². The maximum absolute atomic E-state index is 5.49. The van der Waals surface area contributed by atoms with Gasteiger partial charge in [0.15, 0.2) is 0 Å². The van der Waals surface area contributed by atoms with Crippen molar-refractivity contribution in [3.8, 4) is 0 Å². The number of halogens is 1. The van der Waals surface area contributed by atoms with Crippen LogP contribution in [-0.4, -0.2) is 4.99 Å². The molecule has 0 aliphatic heterocycles. The van der Waals surface area contributed by atoms with Crippen LogP contribution in [-0.2, 0) is 0 Å². The third-order valence-corrected chi connectivity index (χ3v) is 5.16. The summed E-state index contributed by atoms with van der Waals surface area (Å²) in [6, 6.07) is 16.9. The Labute approximate surface area is 146 Å². The van der Waals surface area contributed by atoms with E-state index in [2.05, 4.69) is 45.5 Å². The summed E-state index contributed by atoms with van der Waals surface area (Å²) in [4.78, 5) is 0.756. The minimum atomic E-state index is 0.750. The Balaban J connectivity index is 1.66. The molecule has 1 aliphatic rings. The van der Waals surface area contributed by atoms with Crippen molar-refractivity contribution in [3.63, 3.8) is 0 Å². The van der Waals surface area contributed by atoms with E-state index < -0.39 is 0 Å². The van der Waals surface area contributed by atoms with Gasteiger partial charge in [0, 0.05) is 15.7 Å². The summed E-state index contributed by atoms with van der Waals surface area (Å²) < 4.78 is 1.04. The van der Waals surface area contributed by atoms with Crippen LogP contribution in [0.2, 0.25) is 0 Å². The lowest BCUT2D eigenvalue weighted by Gasteiger charge is -2.22. The van der Waals surface area contributed by atoms with Crippen molar-refractivity contribution >= 4 is 38.8 Å². The predicted octanol–water partition coefficient (Wildman–Crippen LogP) is 6.28. The standard InChI is InChI=1S/C19H20BrNS/c20-17-8-4-7-16(13-17)19(22)21-18-11-9-15(10-12-18)14-5-2-1-3-6-14/h4,7-14H,1-3,5-6H2,(H,21,22). The van der Waals surface area contributed by atoms with Crippen LogP contribution in [0.1, 0.15) is 49.1 Å². The van der Waals surface area contributed by atoms with Crippen molar-refractivity contribution in [2.45, 2.75) is 38.0 Å². The number of thiocarbonyl (C=S) groups is 1. The molecule has 0 radical (unpaired) electrons. The molecule has 0 amide bonds. The van der Waals surface area contributed by atoms with Crippen LogP contribution < -0.4 is 5.32 Å². The molecule has 3 heteroatoms. The van der Waals surface area contributed by atoms with E-state index in [1.807, 2.05) is 24.3 Å². The van der Waals surface area contributed by atoms with Gasteiger partial charge in [-0.3, -0.25) is 0 Å². The fraction of sp³-hybridized carbons (Fsp3) is 0.316. The maximum Gasteiger partial charge on any atom is 0.111 e. The quantitative estimate of drug-likeness (QED) is 0.634. The second-order valence-corrected chi connectivity index (χ2v) is 7.25. The first-order valence-electron chi connectivity index (χ1n) is 7.89. The molecule has 2 aromatic rings. The topological polar surface area (TPSA) is 12.0 Å². The zero-order valence-corrected chi connectivity index (χ0v) is 14.9. The van der Waals surface area contributed by atoms with Gasteiger partial charge in [0.05, 0.1) is 0 Å². The highest BCUT2D eigenvalue weighted by atomic mass is 79.9. The molecule has 0 unspecified atom stereocenters. The van der Waals surface area contributed by atoms with Crippen LogP contribution in [0.5, 0.6) is 0 Å². The van der Waals surface area contributed by atoms with E-state index in [1.165, 1.54) is 37.7 Å². The molecular weight excluding hydrogens is 354 g/mol. The Hall–Kier alpha value is -1.19. The van der Waals surface area contributed by atoms with Crippen molar-refractivity contribution in [3.05, 3.63) is 64.1 Å². The number of nitrogens with one attached hydrogen (secondary N) is 1. The normalized spacial score (nSPS) is 15.5. The van der Waals surface area contributed by atoms with Gasteiger partial charge in [-0.05, 0) is 48.6 Å². The van der Waals surface area contributed by atoms with E-state index in [-0.39, 0.29) is 0 Å². The summed E-state index contributed by atoms with van der Waals surface area (Å²) in [6.07, 6.45) is 6.82. The highest BCUT2D eigenvalue weighted by Gasteiger charge is 2.15. The van der Waals surface area contributed by atoms with Gasteiger partial charge in [0.1, 0.15) is 4.99 Å². The average Bonchev–Trinajstić information content (AvgIpc) is 2.56. The van der Waals surface area contributed by atoms with Gasteiger partial charge in [-0.25, -0.2) is 0 Å².